The Balaban J connectivity index is 2.27. The molecule has 0 radical (unpaired) electrons. The third-order valence-corrected chi connectivity index (χ3v) is 3.59. The number of hydrogen-bond donors (Lipinski definition) is 2. The minimum absolute atomic E-state index is 0.0677. The second-order valence-corrected chi connectivity index (χ2v) is 5.92. The number of methoxy groups -OCH3 is 1. The number of aromatic nitrogens is 1. The van der Waals surface area contributed by atoms with Gasteiger partial charge in [0.1, 0.15) is 5.75 Å². The highest BCUT2D eigenvalue weighted by Crippen LogP contribution is 2.33. The largest absolute Gasteiger partial charge is 0.495 e. The molecule has 5 nitrogen and oxygen atoms in total. The van der Waals surface area contributed by atoms with Crippen molar-refractivity contribution in [3.8, 4) is 5.75 Å². The molecule has 0 aliphatic heterocycles. The summed E-state index contributed by atoms with van der Waals surface area (Å²) in [5.41, 5.74) is 2.88. The van der Waals surface area contributed by atoms with Crippen LogP contribution in [0.15, 0.2) is 30.6 Å². The first kappa shape index (κ1) is 17.1. The van der Waals surface area contributed by atoms with Crippen molar-refractivity contribution in [1.82, 2.24) is 10.3 Å². The molecule has 1 aromatic heterocycles. The molecule has 1 amide bonds. The van der Waals surface area contributed by atoms with Crippen molar-refractivity contribution in [2.45, 2.75) is 26.8 Å². The standard InChI is InChI=1S/C17H20ClN3O2/c1-10(2)20-17(22)12-6-13(9-19-8-12)21-15-5-11(3)14(18)7-16(15)23-4/h5-10,21H,1-4H3,(H,20,22). The average Bonchev–Trinajstić information content (AvgIpc) is 2.50. The number of benzene rings is 1. The van der Waals surface area contributed by atoms with Crippen molar-refractivity contribution in [2.24, 2.45) is 0 Å². The number of carbonyl (C=O) groups excluding carboxylic acids is 1. The Morgan fingerprint density at radius 2 is 2.00 bits per heavy atom. The van der Waals surface area contributed by atoms with E-state index in [-0.39, 0.29) is 11.9 Å². The van der Waals surface area contributed by atoms with E-state index in [4.69, 9.17) is 16.3 Å². The van der Waals surface area contributed by atoms with E-state index in [1.165, 1.54) is 6.20 Å². The molecular weight excluding hydrogens is 314 g/mol. The molecule has 0 saturated carbocycles. The molecule has 0 fully saturated rings. The number of nitrogens with zero attached hydrogens (tertiary/aromatic N) is 1. The molecule has 2 N–H and O–H groups in total. The summed E-state index contributed by atoms with van der Waals surface area (Å²) in [5, 5.41) is 6.69. The predicted molar refractivity (Wildman–Crippen MR) is 92.9 cm³/mol. The lowest BCUT2D eigenvalue weighted by molar-refractivity contribution is 0.0943. The molecule has 0 aliphatic rings. The topological polar surface area (TPSA) is 63.2 Å². The van der Waals surface area contributed by atoms with Gasteiger partial charge in [-0.05, 0) is 38.5 Å². The number of anilines is 2. The molecule has 0 unspecified atom stereocenters. The third-order valence-electron chi connectivity index (χ3n) is 3.18. The number of hydrogen-bond acceptors (Lipinski definition) is 4. The number of ether oxygens (including phenoxy) is 1. The smallest absolute Gasteiger partial charge is 0.253 e. The molecule has 0 atom stereocenters. The van der Waals surface area contributed by atoms with Crippen molar-refractivity contribution >= 4 is 28.9 Å². The molecule has 0 spiro atoms. The summed E-state index contributed by atoms with van der Waals surface area (Å²) < 4.78 is 5.34. The van der Waals surface area contributed by atoms with Crippen LogP contribution < -0.4 is 15.4 Å². The van der Waals surface area contributed by atoms with E-state index in [0.29, 0.717) is 22.0 Å². The van der Waals surface area contributed by atoms with Crippen molar-refractivity contribution in [1.29, 1.82) is 0 Å². The predicted octanol–water partition coefficient (Wildman–Crippen LogP) is 3.93. The zero-order chi connectivity index (χ0) is 17.0. The van der Waals surface area contributed by atoms with Gasteiger partial charge in [-0.15, -0.1) is 0 Å². The summed E-state index contributed by atoms with van der Waals surface area (Å²) in [5.74, 6) is 0.466. The summed E-state index contributed by atoms with van der Waals surface area (Å²) in [7, 11) is 1.58. The van der Waals surface area contributed by atoms with Gasteiger partial charge in [0, 0.05) is 23.3 Å². The highest BCUT2D eigenvalue weighted by molar-refractivity contribution is 6.31. The maximum Gasteiger partial charge on any atom is 0.253 e. The average molecular weight is 334 g/mol. The fourth-order valence-corrected chi connectivity index (χ4v) is 2.22. The summed E-state index contributed by atoms with van der Waals surface area (Å²) in [6.07, 6.45) is 3.18. The van der Waals surface area contributed by atoms with Gasteiger partial charge in [0.25, 0.3) is 5.91 Å². The van der Waals surface area contributed by atoms with E-state index in [0.717, 1.165) is 11.3 Å². The van der Waals surface area contributed by atoms with E-state index >= 15 is 0 Å². The Labute approximate surface area is 141 Å². The molecule has 2 aromatic rings. The third kappa shape index (κ3) is 4.36. The Bertz CT molecular complexity index is 717. The van der Waals surface area contributed by atoms with E-state index < -0.39 is 0 Å². The van der Waals surface area contributed by atoms with Crippen LogP contribution in [0.25, 0.3) is 0 Å². The van der Waals surface area contributed by atoms with Crippen LogP contribution in [0.1, 0.15) is 29.8 Å². The van der Waals surface area contributed by atoms with Gasteiger partial charge in [-0.25, -0.2) is 0 Å². The van der Waals surface area contributed by atoms with Crippen LogP contribution in [-0.4, -0.2) is 24.0 Å². The molecule has 0 saturated heterocycles. The minimum Gasteiger partial charge on any atom is -0.495 e. The van der Waals surface area contributed by atoms with Gasteiger partial charge in [-0.2, -0.15) is 0 Å². The maximum atomic E-state index is 12.1. The van der Waals surface area contributed by atoms with Crippen LogP contribution in [0.2, 0.25) is 5.02 Å². The number of amides is 1. The molecular formula is C17H20ClN3O2. The second-order valence-electron chi connectivity index (χ2n) is 5.52. The van der Waals surface area contributed by atoms with Gasteiger partial charge >= 0.3 is 0 Å². The first-order valence-corrected chi connectivity index (χ1v) is 7.65. The quantitative estimate of drug-likeness (QED) is 0.870. The monoisotopic (exact) mass is 333 g/mol. The van der Waals surface area contributed by atoms with Crippen LogP contribution in [0.5, 0.6) is 5.75 Å². The van der Waals surface area contributed by atoms with Crippen LogP contribution in [0, 0.1) is 6.92 Å². The Kier molecular flexibility index (Phi) is 5.45. The maximum absolute atomic E-state index is 12.1. The Hall–Kier alpha value is -2.27. The number of rotatable bonds is 5. The fourth-order valence-electron chi connectivity index (χ4n) is 2.06. The fraction of sp³-hybridized carbons (Fsp3) is 0.294. The summed E-state index contributed by atoms with van der Waals surface area (Å²) in [6.45, 7) is 5.74. The number of pyridine rings is 1. The van der Waals surface area contributed by atoms with Crippen LogP contribution in [0.3, 0.4) is 0 Å². The van der Waals surface area contributed by atoms with Gasteiger partial charge in [-0.1, -0.05) is 11.6 Å². The molecule has 0 aliphatic carbocycles. The summed E-state index contributed by atoms with van der Waals surface area (Å²) in [6, 6.07) is 5.45. The number of carbonyl (C=O) groups is 1. The van der Waals surface area contributed by atoms with Crippen LogP contribution in [0.4, 0.5) is 11.4 Å². The van der Waals surface area contributed by atoms with Crippen LogP contribution in [-0.2, 0) is 0 Å². The van der Waals surface area contributed by atoms with Gasteiger partial charge < -0.3 is 15.4 Å². The van der Waals surface area contributed by atoms with Crippen LogP contribution >= 0.6 is 11.6 Å². The lowest BCUT2D eigenvalue weighted by Gasteiger charge is -2.14. The van der Waals surface area contributed by atoms with Gasteiger partial charge in [-0.3, -0.25) is 9.78 Å². The zero-order valence-electron chi connectivity index (χ0n) is 13.6. The molecule has 1 heterocycles. The first-order chi connectivity index (χ1) is 10.9. The number of aryl methyl sites for hydroxylation is 1. The lowest BCUT2D eigenvalue weighted by atomic mass is 10.2. The molecule has 6 heteroatoms. The molecule has 122 valence electrons. The zero-order valence-corrected chi connectivity index (χ0v) is 14.4. The van der Waals surface area contributed by atoms with Crippen molar-refractivity contribution in [2.75, 3.05) is 12.4 Å². The van der Waals surface area contributed by atoms with E-state index in [9.17, 15) is 4.79 Å². The van der Waals surface area contributed by atoms with Crippen molar-refractivity contribution < 1.29 is 9.53 Å². The van der Waals surface area contributed by atoms with Crippen molar-refractivity contribution in [3.63, 3.8) is 0 Å². The first-order valence-electron chi connectivity index (χ1n) is 7.27. The highest BCUT2D eigenvalue weighted by Gasteiger charge is 2.11. The minimum atomic E-state index is -0.157. The molecule has 1 aromatic carbocycles. The van der Waals surface area contributed by atoms with Crippen molar-refractivity contribution in [3.05, 3.63) is 46.7 Å². The van der Waals surface area contributed by atoms with E-state index in [1.54, 1.807) is 25.4 Å². The highest BCUT2D eigenvalue weighted by atomic mass is 35.5. The SMILES string of the molecule is COc1cc(Cl)c(C)cc1Nc1cncc(C(=O)NC(C)C)c1. The van der Waals surface area contributed by atoms with Gasteiger partial charge in [0.15, 0.2) is 0 Å². The lowest BCUT2D eigenvalue weighted by Crippen LogP contribution is -2.30. The van der Waals surface area contributed by atoms with E-state index in [2.05, 4.69) is 15.6 Å². The van der Waals surface area contributed by atoms with Gasteiger partial charge in [0.2, 0.25) is 0 Å². The number of nitrogens with one attached hydrogen (secondary N) is 2. The number of halogens is 1. The Morgan fingerprint density at radius 3 is 2.65 bits per heavy atom. The molecule has 2 rings (SSSR count). The molecule has 23 heavy (non-hydrogen) atoms. The normalized spacial score (nSPS) is 10.5. The van der Waals surface area contributed by atoms with Gasteiger partial charge in [0.05, 0.1) is 30.2 Å². The molecule has 0 bridgehead atoms. The second kappa shape index (κ2) is 7.33. The van der Waals surface area contributed by atoms with E-state index in [1.807, 2.05) is 26.8 Å². The summed E-state index contributed by atoms with van der Waals surface area (Å²) >= 11 is 6.11. The summed E-state index contributed by atoms with van der Waals surface area (Å²) in [4.78, 5) is 16.2. The Morgan fingerprint density at radius 1 is 1.26 bits per heavy atom.